The number of benzene rings is 1. The number of nitrogens with zero attached hydrogens (tertiary/aromatic N) is 2. The summed E-state index contributed by atoms with van der Waals surface area (Å²) in [7, 11) is 0. The van der Waals surface area contributed by atoms with Crippen LogP contribution >= 0.6 is 11.6 Å². The summed E-state index contributed by atoms with van der Waals surface area (Å²) in [5.74, 6) is -0.293. The Morgan fingerprint density at radius 3 is 2.75 bits per heavy atom. The summed E-state index contributed by atoms with van der Waals surface area (Å²) in [6.45, 7) is 8.18. The molecule has 0 aliphatic rings. The zero-order valence-corrected chi connectivity index (χ0v) is 12.8. The second-order valence-electron chi connectivity index (χ2n) is 4.82. The van der Waals surface area contributed by atoms with Crippen LogP contribution in [0.4, 0.5) is 4.39 Å². The number of aryl methyl sites for hydroxylation is 1. The second-order valence-corrected chi connectivity index (χ2v) is 5.26. The van der Waals surface area contributed by atoms with E-state index in [4.69, 9.17) is 11.6 Å². The fourth-order valence-electron chi connectivity index (χ4n) is 2.21. The fourth-order valence-corrected chi connectivity index (χ4v) is 2.36. The molecule has 0 fully saturated rings. The maximum Gasteiger partial charge on any atom is 0.129 e. The molecule has 0 aliphatic heterocycles. The molecule has 20 heavy (non-hydrogen) atoms. The van der Waals surface area contributed by atoms with Crippen molar-refractivity contribution in [3.05, 3.63) is 51.6 Å². The third kappa shape index (κ3) is 3.19. The van der Waals surface area contributed by atoms with Crippen LogP contribution in [0.2, 0.25) is 5.02 Å². The molecule has 5 heteroatoms. The van der Waals surface area contributed by atoms with Crippen LogP contribution in [0.3, 0.4) is 0 Å². The number of hydrogen-bond donors (Lipinski definition) is 1. The monoisotopic (exact) mass is 295 g/mol. The maximum absolute atomic E-state index is 13.8. The van der Waals surface area contributed by atoms with E-state index in [2.05, 4.69) is 17.3 Å². The van der Waals surface area contributed by atoms with Crippen molar-refractivity contribution in [1.82, 2.24) is 15.1 Å². The van der Waals surface area contributed by atoms with Crippen LogP contribution in [-0.2, 0) is 13.1 Å². The van der Waals surface area contributed by atoms with E-state index in [0.717, 1.165) is 24.5 Å². The Bertz CT molecular complexity index is 607. The van der Waals surface area contributed by atoms with E-state index >= 15 is 0 Å². The van der Waals surface area contributed by atoms with Gasteiger partial charge in [0, 0.05) is 28.4 Å². The van der Waals surface area contributed by atoms with Crippen molar-refractivity contribution in [2.45, 2.75) is 33.9 Å². The van der Waals surface area contributed by atoms with Gasteiger partial charge >= 0.3 is 0 Å². The van der Waals surface area contributed by atoms with Gasteiger partial charge in [-0.3, -0.25) is 4.68 Å². The molecule has 0 bridgehead atoms. The van der Waals surface area contributed by atoms with Crippen LogP contribution in [0.25, 0.3) is 0 Å². The highest BCUT2D eigenvalue weighted by Gasteiger charge is 2.12. The SMILES string of the molecule is CCNCc1c(C)nn(Cc2ccc(Cl)cc2F)c1C. The highest BCUT2D eigenvalue weighted by molar-refractivity contribution is 6.30. The number of rotatable bonds is 5. The van der Waals surface area contributed by atoms with E-state index in [0.29, 0.717) is 17.1 Å². The van der Waals surface area contributed by atoms with Gasteiger partial charge in [0.15, 0.2) is 0 Å². The number of hydrogen-bond acceptors (Lipinski definition) is 2. The highest BCUT2D eigenvalue weighted by Crippen LogP contribution is 2.18. The zero-order chi connectivity index (χ0) is 14.7. The summed E-state index contributed by atoms with van der Waals surface area (Å²) in [6, 6.07) is 4.74. The summed E-state index contributed by atoms with van der Waals surface area (Å²) >= 11 is 5.77. The molecule has 1 N–H and O–H groups in total. The van der Waals surface area contributed by atoms with Crippen molar-refractivity contribution in [2.24, 2.45) is 0 Å². The first-order valence-electron chi connectivity index (χ1n) is 6.70. The Balaban J connectivity index is 2.25. The molecule has 0 unspecified atom stereocenters. The normalized spacial score (nSPS) is 11.1. The lowest BCUT2D eigenvalue weighted by Gasteiger charge is -2.07. The fraction of sp³-hybridized carbons (Fsp3) is 0.400. The minimum absolute atomic E-state index is 0.293. The number of nitrogens with one attached hydrogen (secondary N) is 1. The number of halogens is 2. The largest absolute Gasteiger partial charge is 0.313 e. The van der Waals surface area contributed by atoms with Crippen molar-refractivity contribution in [3.63, 3.8) is 0 Å². The van der Waals surface area contributed by atoms with Gasteiger partial charge in [-0.15, -0.1) is 0 Å². The van der Waals surface area contributed by atoms with E-state index in [1.807, 2.05) is 18.5 Å². The molecule has 0 saturated heterocycles. The van der Waals surface area contributed by atoms with Gasteiger partial charge in [0.05, 0.1) is 12.2 Å². The molecule has 2 rings (SSSR count). The molecule has 3 nitrogen and oxygen atoms in total. The van der Waals surface area contributed by atoms with Gasteiger partial charge in [0.2, 0.25) is 0 Å². The molecule has 2 aromatic rings. The van der Waals surface area contributed by atoms with Crippen LogP contribution in [-0.4, -0.2) is 16.3 Å². The molecule has 0 radical (unpaired) electrons. The van der Waals surface area contributed by atoms with Gasteiger partial charge < -0.3 is 5.32 Å². The van der Waals surface area contributed by atoms with Crippen LogP contribution in [0, 0.1) is 19.7 Å². The van der Waals surface area contributed by atoms with E-state index < -0.39 is 0 Å². The van der Waals surface area contributed by atoms with Crippen molar-refractivity contribution in [1.29, 1.82) is 0 Å². The Morgan fingerprint density at radius 2 is 2.10 bits per heavy atom. The smallest absolute Gasteiger partial charge is 0.129 e. The summed E-state index contributed by atoms with van der Waals surface area (Å²) in [6.07, 6.45) is 0. The molecule has 0 amide bonds. The average Bonchev–Trinajstić information content (AvgIpc) is 2.66. The van der Waals surface area contributed by atoms with Gasteiger partial charge in [-0.2, -0.15) is 5.10 Å². The Morgan fingerprint density at radius 1 is 1.35 bits per heavy atom. The van der Waals surface area contributed by atoms with Crippen LogP contribution < -0.4 is 5.32 Å². The molecule has 1 aromatic carbocycles. The van der Waals surface area contributed by atoms with E-state index in [9.17, 15) is 4.39 Å². The number of aromatic nitrogens is 2. The zero-order valence-electron chi connectivity index (χ0n) is 12.0. The summed E-state index contributed by atoms with van der Waals surface area (Å²) in [5.41, 5.74) is 3.83. The van der Waals surface area contributed by atoms with Gasteiger partial charge in [0.1, 0.15) is 5.82 Å². The van der Waals surface area contributed by atoms with E-state index in [-0.39, 0.29) is 5.82 Å². The Hall–Kier alpha value is -1.39. The summed E-state index contributed by atoms with van der Waals surface area (Å²) in [4.78, 5) is 0. The predicted molar refractivity (Wildman–Crippen MR) is 79.6 cm³/mol. The first kappa shape index (κ1) is 15.0. The predicted octanol–water partition coefficient (Wildman–Crippen LogP) is 3.45. The van der Waals surface area contributed by atoms with Crippen LogP contribution in [0.1, 0.15) is 29.4 Å². The average molecular weight is 296 g/mol. The van der Waals surface area contributed by atoms with E-state index in [1.54, 1.807) is 12.1 Å². The maximum atomic E-state index is 13.8. The highest BCUT2D eigenvalue weighted by atomic mass is 35.5. The minimum atomic E-state index is -0.293. The molecule has 108 valence electrons. The van der Waals surface area contributed by atoms with Gasteiger partial charge in [-0.25, -0.2) is 4.39 Å². The lowest BCUT2D eigenvalue weighted by molar-refractivity contribution is 0.578. The summed E-state index contributed by atoms with van der Waals surface area (Å²) < 4.78 is 15.7. The van der Waals surface area contributed by atoms with Gasteiger partial charge in [0.25, 0.3) is 0 Å². The van der Waals surface area contributed by atoms with Crippen LogP contribution in [0.15, 0.2) is 18.2 Å². The van der Waals surface area contributed by atoms with Crippen molar-refractivity contribution in [3.8, 4) is 0 Å². The molecule has 0 aliphatic carbocycles. The van der Waals surface area contributed by atoms with Crippen LogP contribution in [0.5, 0.6) is 0 Å². The molecule has 1 aromatic heterocycles. The summed E-state index contributed by atoms with van der Waals surface area (Å²) in [5, 5.41) is 8.21. The molecular formula is C15H19ClFN3. The first-order valence-corrected chi connectivity index (χ1v) is 7.08. The van der Waals surface area contributed by atoms with Crippen molar-refractivity contribution >= 4 is 11.6 Å². The molecule has 0 spiro atoms. The quantitative estimate of drug-likeness (QED) is 0.915. The van der Waals surface area contributed by atoms with Crippen molar-refractivity contribution < 1.29 is 4.39 Å². The standard InChI is InChI=1S/C15H19ClFN3/c1-4-18-8-14-10(2)19-20(11(14)3)9-12-5-6-13(16)7-15(12)17/h5-7,18H,4,8-9H2,1-3H3. The Kier molecular flexibility index (Phi) is 4.78. The first-order chi connectivity index (χ1) is 9.52. The van der Waals surface area contributed by atoms with Gasteiger partial charge in [-0.1, -0.05) is 24.6 Å². The Labute approximate surface area is 123 Å². The van der Waals surface area contributed by atoms with E-state index in [1.165, 1.54) is 11.6 Å². The van der Waals surface area contributed by atoms with Crippen molar-refractivity contribution in [2.75, 3.05) is 6.54 Å². The molecule has 0 saturated carbocycles. The third-order valence-corrected chi connectivity index (χ3v) is 3.65. The lowest BCUT2D eigenvalue weighted by atomic mass is 10.2. The molecule has 0 atom stereocenters. The minimum Gasteiger partial charge on any atom is -0.313 e. The van der Waals surface area contributed by atoms with Gasteiger partial charge in [-0.05, 0) is 32.5 Å². The third-order valence-electron chi connectivity index (χ3n) is 3.42. The second kappa shape index (κ2) is 6.37. The topological polar surface area (TPSA) is 29.9 Å². The molecule has 1 heterocycles. The lowest BCUT2D eigenvalue weighted by Crippen LogP contribution is -2.13. The molecular weight excluding hydrogens is 277 g/mol.